The Bertz CT molecular complexity index is 350. The predicted molar refractivity (Wildman–Crippen MR) is 83.2 cm³/mol. The van der Waals surface area contributed by atoms with Gasteiger partial charge in [-0.3, -0.25) is 0 Å². The lowest BCUT2D eigenvalue weighted by molar-refractivity contribution is 0.376. The van der Waals surface area contributed by atoms with Crippen molar-refractivity contribution in [1.82, 2.24) is 5.32 Å². The summed E-state index contributed by atoms with van der Waals surface area (Å²) in [4.78, 5) is 2.30. The summed E-state index contributed by atoms with van der Waals surface area (Å²) in [7, 11) is 3.84. The maximum absolute atomic E-state index is 5.19. The zero-order chi connectivity index (χ0) is 14.3. The van der Waals surface area contributed by atoms with Crippen molar-refractivity contribution in [2.24, 2.45) is 5.92 Å². The molecule has 0 saturated heterocycles. The van der Waals surface area contributed by atoms with E-state index in [1.165, 1.54) is 12.1 Å². The first-order valence-corrected chi connectivity index (χ1v) is 7.20. The summed E-state index contributed by atoms with van der Waals surface area (Å²) in [5, 5.41) is 3.59. The lowest BCUT2D eigenvalue weighted by atomic mass is 9.98. The van der Waals surface area contributed by atoms with Gasteiger partial charge >= 0.3 is 0 Å². The highest BCUT2D eigenvalue weighted by molar-refractivity contribution is 5.48. The maximum Gasteiger partial charge on any atom is 0.119 e. The van der Waals surface area contributed by atoms with Crippen LogP contribution in [0.5, 0.6) is 5.75 Å². The number of benzene rings is 1. The van der Waals surface area contributed by atoms with E-state index in [9.17, 15) is 0 Å². The van der Waals surface area contributed by atoms with Gasteiger partial charge in [-0.25, -0.2) is 0 Å². The second-order valence-electron chi connectivity index (χ2n) is 5.13. The third kappa shape index (κ3) is 4.75. The van der Waals surface area contributed by atoms with Crippen LogP contribution in [0.4, 0.5) is 5.69 Å². The van der Waals surface area contributed by atoms with Crippen LogP contribution in [-0.4, -0.2) is 33.3 Å². The molecule has 0 bridgehead atoms. The van der Waals surface area contributed by atoms with Gasteiger partial charge in [0.15, 0.2) is 0 Å². The number of methoxy groups -OCH3 is 1. The van der Waals surface area contributed by atoms with Crippen molar-refractivity contribution in [3.63, 3.8) is 0 Å². The van der Waals surface area contributed by atoms with Crippen molar-refractivity contribution < 1.29 is 4.74 Å². The highest BCUT2D eigenvalue weighted by atomic mass is 16.5. The van der Waals surface area contributed by atoms with E-state index in [0.717, 1.165) is 18.8 Å². The molecule has 1 aromatic carbocycles. The van der Waals surface area contributed by atoms with Crippen LogP contribution in [0.25, 0.3) is 0 Å². The van der Waals surface area contributed by atoms with Gasteiger partial charge in [0.2, 0.25) is 0 Å². The van der Waals surface area contributed by atoms with Gasteiger partial charge in [-0.1, -0.05) is 27.2 Å². The molecule has 1 N–H and O–H groups in total. The van der Waals surface area contributed by atoms with Crippen LogP contribution in [0.1, 0.15) is 27.2 Å². The summed E-state index contributed by atoms with van der Waals surface area (Å²) in [5.41, 5.74) is 1.23. The first-order valence-electron chi connectivity index (χ1n) is 7.20. The van der Waals surface area contributed by atoms with Crippen LogP contribution in [0.3, 0.4) is 0 Å². The summed E-state index contributed by atoms with van der Waals surface area (Å²) < 4.78 is 5.19. The highest BCUT2D eigenvalue weighted by Gasteiger charge is 2.16. The minimum Gasteiger partial charge on any atom is -0.497 e. The fourth-order valence-electron chi connectivity index (χ4n) is 2.23. The molecule has 0 aliphatic heterocycles. The first kappa shape index (κ1) is 15.8. The predicted octanol–water partition coefficient (Wildman–Crippen LogP) is 3.16. The van der Waals surface area contributed by atoms with Crippen molar-refractivity contribution in [3.8, 4) is 5.75 Å². The number of hydrogen-bond donors (Lipinski definition) is 1. The Morgan fingerprint density at radius 2 is 1.84 bits per heavy atom. The minimum atomic E-state index is 0.530. The van der Waals surface area contributed by atoms with Gasteiger partial charge in [0.05, 0.1) is 7.11 Å². The highest BCUT2D eigenvalue weighted by Crippen LogP contribution is 2.19. The Morgan fingerprint density at radius 1 is 1.21 bits per heavy atom. The van der Waals surface area contributed by atoms with Crippen LogP contribution in [0.15, 0.2) is 24.3 Å². The third-order valence-corrected chi connectivity index (χ3v) is 3.78. The molecule has 0 aliphatic carbocycles. The molecule has 0 heterocycles. The molecule has 0 fully saturated rings. The number of anilines is 1. The number of nitrogens with zero attached hydrogens (tertiary/aromatic N) is 1. The Labute approximate surface area is 118 Å². The number of ether oxygens (including phenoxy) is 1. The maximum atomic E-state index is 5.19. The molecule has 0 radical (unpaired) electrons. The lowest BCUT2D eigenvalue weighted by Gasteiger charge is -2.30. The Morgan fingerprint density at radius 3 is 2.32 bits per heavy atom. The molecule has 0 spiro atoms. The molecular formula is C16H28N2O. The zero-order valence-corrected chi connectivity index (χ0v) is 12.9. The third-order valence-electron chi connectivity index (χ3n) is 3.78. The van der Waals surface area contributed by atoms with E-state index in [4.69, 9.17) is 4.74 Å². The molecule has 2 unspecified atom stereocenters. The first-order chi connectivity index (χ1) is 9.12. The van der Waals surface area contributed by atoms with Gasteiger partial charge in [-0.15, -0.1) is 0 Å². The molecule has 2 atom stereocenters. The van der Waals surface area contributed by atoms with Crippen LogP contribution < -0.4 is 15.0 Å². The van der Waals surface area contributed by atoms with E-state index < -0.39 is 0 Å². The smallest absolute Gasteiger partial charge is 0.119 e. The molecule has 1 rings (SSSR count). The Balaban J connectivity index is 2.66. The number of nitrogens with one attached hydrogen (secondary N) is 1. The summed E-state index contributed by atoms with van der Waals surface area (Å²) in [5.74, 6) is 1.59. The van der Waals surface area contributed by atoms with Gasteiger partial charge < -0.3 is 15.0 Å². The van der Waals surface area contributed by atoms with Crippen LogP contribution in [0, 0.1) is 5.92 Å². The molecule has 3 heteroatoms. The molecule has 0 amide bonds. The van der Waals surface area contributed by atoms with E-state index >= 15 is 0 Å². The number of hydrogen-bond acceptors (Lipinski definition) is 3. The van der Waals surface area contributed by atoms with Crippen molar-refractivity contribution in [3.05, 3.63) is 24.3 Å². The second-order valence-corrected chi connectivity index (χ2v) is 5.13. The van der Waals surface area contributed by atoms with E-state index in [0.29, 0.717) is 12.0 Å². The quantitative estimate of drug-likeness (QED) is 0.780. The van der Waals surface area contributed by atoms with Crippen LogP contribution >= 0.6 is 0 Å². The SMILES string of the molecule is CCNC(CN(C)c1ccc(OC)cc1)C(C)CC. The summed E-state index contributed by atoms with van der Waals surface area (Å²) in [6.07, 6.45) is 1.20. The topological polar surface area (TPSA) is 24.5 Å². The van der Waals surface area contributed by atoms with Crippen molar-refractivity contribution >= 4 is 5.69 Å². The average molecular weight is 264 g/mol. The number of rotatable bonds is 8. The zero-order valence-electron chi connectivity index (χ0n) is 12.9. The lowest BCUT2D eigenvalue weighted by Crippen LogP contribution is -2.43. The normalized spacial score (nSPS) is 13.9. The van der Waals surface area contributed by atoms with Crippen molar-refractivity contribution in [2.75, 3.05) is 32.1 Å². The van der Waals surface area contributed by atoms with Crippen molar-refractivity contribution in [1.29, 1.82) is 0 Å². The minimum absolute atomic E-state index is 0.530. The summed E-state index contributed by atoms with van der Waals surface area (Å²) in [6, 6.07) is 8.77. The molecule has 0 aliphatic rings. The van der Waals surface area contributed by atoms with Crippen LogP contribution in [0.2, 0.25) is 0 Å². The van der Waals surface area contributed by atoms with E-state index in [1.807, 2.05) is 12.1 Å². The Hall–Kier alpha value is -1.22. The van der Waals surface area contributed by atoms with Gasteiger partial charge in [0, 0.05) is 25.3 Å². The molecule has 108 valence electrons. The summed E-state index contributed by atoms with van der Waals surface area (Å²) in [6.45, 7) is 8.78. The molecule has 0 saturated carbocycles. The monoisotopic (exact) mass is 264 g/mol. The van der Waals surface area contributed by atoms with Gasteiger partial charge in [0.1, 0.15) is 5.75 Å². The number of likely N-dealkylation sites (N-methyl/N-ethyl adjacent to an activating group) is 2. The van der Waals surface area contributed by atoms with E-state index in [2.05, 4.69) is 50.2 Å². The second kappa shape index (κ2) is 8.05. The standard InChI is InChI=1S/C16H28N2O/c1-6-13(3)16(17-7-2)12-18(4)14-8-10-15(19-5)11-9-14/h8-11,13,16-17H,6-7,12H2,1-5H3. The van der Waals surface area contributed by atoms with Gasteiger partial charge in [-0.05, 0) is 36.7 Å². The molecular weight excluding hydrogens is 236 g/mol. The molecule has 19 heavy (non-hydrogen) atoms. The fraction of sp³-hybridized carbons (Fsp3) is 0.625. The van der Waals surface area contributed by atoms with Gasteiger partial charge in [0.25, 0.3) is 0 Å². The molecule has 3 nitrogen and oxygen atoms in total. The van der Waals surface area contributed by atoms with E-state index in [-0.39, 0.29) is 0 Å². The van der Waals surface area contributed by atoms with Crippen molar-refractivity contribution in [2.45, 2.75) is 33.2 Å². The Kier molecular flexibility index (Phi) is 6.71. The average Bonchev–Trinajstić information content (AvgIpc) is 2.46. The summed E-state index contributed by atoms with van der Waals surface area (Å²) >= 11 is 0. The molecule has 0 aromatic heterocycles. The molecule has 1 aromatic rings. The largest absolute Gasteiger partial charge is 0.497 e. The van der Waals surface area contributed by atoms with E-state index in [1.54, 1.807) is 7.11 Å². The fourth-order valence-corrected chi connectivity index (χ4v) is 2.23. The van der Waals surface area contributed by atoms with Gasteiger partial charge in [-0.2, -0.15) is 0 Å². The van der Waals surface area contributed by atoms with Crippen LogP contribution in [-0.2, 0) is 0 Å².